The normalized spacial score (nSPS) is 15.3. The quantitative estimate of drug-likeness (QED) is 0.0149. The van der Waals surface area contributed by atoms with Crippen LogP contribution in [0.5, 0.6) is 0 Å². The first kappa shape index (κ1) is 54.1. The number of hydrogen-bond acceptors (Lipinski definition) is 13. The van der Waals surface area contributed by atoms with E-state index in [1.165, 1.54) is 0 Å². The Balaban J connectivity index is 6.33. The van der Waals surface area contributed by atoms with Gasteiger partial charge in [0.25, 0.3) is 0 Å². The van der Waals surface area contributed by atoms with Crippen LogP contribution in [0.3, 0.4) is 0 Å². The van der Waals surface area contributed by atoms with Crippen molar-refractivity contribution in [1.29, 1.82) is 0 Å². The number of unbranched alkanes of at least 4 members (excludes halogenated alkanes) is 2. The van der Waals surface area contributed by atoms with Crippen LogP contribution in [-0.2, 0) is 33.6 Å². The lowest BCUT2D eigenvalue weighted by atomic mass is 9.96. The van der Waals surface area contributed by atoms with Crippen molar-refractivity contribution in [2.24, 2.45) is 45.5 Å². The minimum absolute atomic E-state index is 0.105. The summed E-state index contributed by atoms with van der Waals surface area (Å²) < 4.78 is 0. The van der Waals surface area contributed by atoms with E-state index in [0.29, 0.717) is 58.0 Å². The molecular weight excluding hydrogens is 793 g/mol. The van der Waals surface area contributed by atoms with Crippen LogP contribution in [0.2, 0.25) is 0 Å². The largest absolute Gasteiger partial charge is 0.480 e. The second kappa shape index (κ2) is 30.2. The van der Waals surface area contributed by atoms with Crippen molar-refractivity contribution in [2.45, 2.75) is 134 Å². The highest BCUT2D eigenvalue weighted by atomic mass is 32.1. The number of nitrogens with two attached hydrogens (primary N) is 5. The van der Waals surface area contributed by atoms with Crippen LogP contribution in [0.15, 0.2) is 4.99 Å². The molecule has 58 heavy (non-hydrogen) atoms. The van der Waals surface area contributed by atoms with Crippen molar-refractivity contribution in [2.75, 3.05) is 31.1 Å². The van der Waals surface area contributed by atoms with Crippen molar-refractivity contribution in [3.63, 3.8) is 0 Å². The fourth-order valence-electron chi connectivity index (χ4n) is 5.57. The van der Waals surface area contributed by atoms with Crippen LogP contribution in [0.1, 0.15) is 91.9 Å². The van der Waals surface area contributed by atoms with Gasteiger partial charge < -0.3 is 65.7 Å². The number of thiol groups is 2. The van der Waals surface area contributed by atoms with E-state index in [0.717, 1.165) is 0 Å². The van der Waals surface area contributed by atoms with Gasteiger partial charge in [0.15, 0.2) is 5.96 Å². The van der Waals surface area contributed by atoms with Gasteiger partial charge >= 0.3 is 5.97 Å². The lowest BCUT2D eigenvalue weighted by Gasteiger charge is -2.30. The molecule has 0 aliphatic rings. The lowest BCUT2D eigenvalue weighted by Crippen LogP contribution is -2.61. The second-order valence-corrected chi connectivity index (χ2v) is 15.4. The molecule has 0 spiro atoms. The van der Waals surface area contributed by atoms with Gasteiger partial charge in [-0.05, 0) is 76.3 Å². The third-order valence-corrected chi connectivity index (χ3v) is 9.94. The number of carboxylic acids is 1. The van der Waals surface area contributed by atoms with Crippen molar-refractivity contribution >= 4 is 72.6 Å². The maximum Gasteiger partial charge on any atom is 0.327 e. The maximum atomic E-state index is 14.0. The van der Waals surface area contributed by atoms with E-state index in [4.69, 9.17) is 28.7 Å². The summed E-state index contributed by atoms with van der Waals surface area (Å²) in [5.74, 6) is -6.46. The lowest BCUT2D eigenvalue weighted by molar-refractivity contribution is -0.141. The molecule has 0 saturated carbocycles. The third-order valence-electron chi connectivity index (χ3n) is 9.21. The van der Waals surface area contributed by atoms with E-state index in [1.807, 2.05) is 20.8 Å². The number of guanidine groups is 1. The summed E-state index contributed by atoms with van der Waals surface area (Å²) in [5, 5.41) is 25.1. The van der Waals surface area contributed by atoms with Gasteiger partial charge in [-0.1, -0.05) is 40.5 Å². The third kappa shape index (κ3) is 21.8. The molecule has 0 aromatic rings. The number of rotatable bonds is 31. The van der Waals surface area contributed by atoms with Gasteiger partial charge in [0.1, 0.15) is 36.3 Å². The molecule has 0 aromatic heterocycles. The number of nitrogens with zero attached hydrogens (tertiary/aromatic N) is 1. The smallest absolute Gasteiger partial charge is 0.327 e. The van der Waals surface area contributed by atoms with Gasteiger partial charge in [-0.15, -0.1) is 0 Å². The number of amides is 6. The summed E-state index contributed by atoms with van der Waals surface area (Å²) in [5.41, 5.74) is 28.2. The van der Waals surface area contributed by atoms with E-state index in [2.05, 4.69) is 62.2 Å². The van der Waals surface area contributed by atoms with Crippen molar-refractivity contribution in [3.05, 3.63) is 0 Å². The van der Waals surface area contributed by atoms with Gasteiger partial charge in [-0.25, -0.2) is 4.79 Å². The summed E-state index contributed by atoms with van der Waals surface area (Å²) in [6, 6.07) is -8.01. The Kier molecular flexibility index (Phi) is 28.2. The molecule has 334 valence electrons. The molecule has 0 fully saturated rings. The zero-order valence-corrected chi connectivity index (χ0v) is 36.1. The number of carbonyl (C=O) groups is 7. The van der Waals surface area contributed by atoms with E-state index >= 15 is 0 Å². The zero-order chi connectivity index (χ0) is 44.4. The zero-order valence-electron chi connectivity index (χ0n) is 34.3. The molecule has 0 radical (unpaired) electrons. The molecule has 0 saturated heterocycles. The first-order chi connectivity index (χ1) is 27.4. The van der Waals surface area contributed by atoms with Crippen molar-refractivity contribution in [1.82, 2.24) is 31.9 Å². The molecule has 20 nitrogen and oxygen atoms in total. The predicted molar refractivity (Wildman–Crippen MR) is 230 cm³/mol. The van der Waals surface area contributed by atoms with Crippen molar-refractivity contribution in [3.8, 4) is 0 Å². The number of nitrogens with one attached hydrogen (secondary N) is 6. The number of hydrogen-bond donors (Lipinski definition) is 14. The van der Waals surface area contributed by atoms with E-state index in [-0.39, 0.29) is 49.2 Å². The second-order valence-electron chi connectivity index (χ2n) is 14.6. The summed E-state index contributed by atoms with van der Waals surface area (Å²) in [4.78, 5) is 96.4. The first-order valence-electron chi connectivity index (χ1n) is 19.8. The van der Waals surface area contributed by atoms with E-state index in [9.17, 15) is 38.7 Å². The van der Waals surface area contributed by atoms with Crippen LogP contribution in [-0.4, -0.2) is 126 Å². The molecule has 17 N–H and O–H groups in total. The van der Waals surface area contributed by atoms with Gasteiger partial charge in [0.2, 0.25) is 35.4 Å². The molecule has 6 amide bonds. The highest BCUT2D eigenvalue weighted by Crippen LogP contribution is 2.13. The Morgan fingerprint density at radius 2 is 1.05 bits per heavy atom. The molecule has 0 aliphatic heterocycles. The Bertz CT molecular complexity index is 1340. The Morgan fingerprint density at radius 1 is 0.603 bits per heavy atom. The molecule has 8 atom stereocenters. The van der Waals surface area contributed by atoms with Crippen LogP contribution in [0, 0.1) is 11.8 Å². The molecule has 0 rings (SSSR count). The number of aliphatic carboxylic acids is 1. The predicted octanol–water partition coefficient (Wildman–Crippen LogP) is -2.43. The minimum Gasteiger partial charge on any atom is -0.480 e. The van der Waals surface area contributed by atoms with E-state index < -0.39 is 89.6 Å². The Morgan fingerprint density at radius 3 is 1.55 bits per heavy atom. The number of carboxylic acid groups (broad SMARTS) is 1. The summed E-state index contributed by atoms with van der Waals surface area (Å²) in [7, 11) is 0. The minimum atomic E-state index is -1.31. The summed E-state index contributed by atoms with van der Waals surface area (Å²) in [6.07, 6.45) is 3.78. The van der Waals surface area contributed by atoms with E-state index in [1.54, 1.807) is 6.92 Å². The monoisotopic (exact) mass is 862 g/mol. The highest BCUT2D eigenvalue weighted by molar-refractivity contribution is 7.80. The van der Waals surface area contributed by atoms with Gasteiger partial charge in [-0.2, -0.15) is 25.3 Å². The summed E-state index contributed by atoms with van der Waals surface area (Å²) in [6.45, 7) is 8.16. The van der Waals surface area contributed by atoms with Crippen LogP contribution in [0.25, 0.3) is 0 Å². The SMILES string of the molecule is CC[C@H](C)[C@H](NC(=O)[C@H](CCCCN)NC(=O)[C@H](CCCN=C(N)N)NC(=O)[C@@H](N)CCCCN)C(=O)N[C@@H](CC(C)C)C(=O)N[C@@H](CS)C(=O)N[C@@H](CS)C(=O)O. The molecule has 0 unspecified atom stereocenters. The van der Waals surface area contributed by atoms with Gasteiger partial charge in [0, 0.05) is 18.1 Å². The van der Waals surface area contributed by atoms with Gasteiger partial charge in [0.05, 0.1) is 6.04 Å². The maximum absolute atomic E-state index is 14.0. The molecule has 0 bridgehead atoms. The standard InChI is InChI=1S/C36H70N12O8S2/c1-5-21(4)28(34(54)45-25(17-20(2)3)32(52)46-26(18-57)33(53)47-27(19-58)35(55)56)48-31(51)23(12-7-9-15-38)44-30(50)24(13-10-16-42-36(40)41)43-29(49)22(39)11-6-8-14-37/h20-28,57-58H,5-19,37-39H2,1-4H3,(H,43,49)(H,44,50)(H,45,54)(H,46,52)(H,47,53)(H,48,51)(H,55,56)(H4,40,41,42)/t21-,22-,23-,24-,25-,26-,27-,28-/m0/s1. The first-order valence-corrected chi connectivity index (χ1v) is 21.1. The topological polar surface area (TPSA) is 354 Å². The molecule has 0 aliphatic carbocycles. The van der Waals surface area contributed by atoms with Crippen LogP contribution >= 0.6 is 25.3 Å². The Hall–Kier alpha value is -3.86. The molecule has 0 aromatic carbocycles. The average molecular weight is 863 g/mol. The van der Waals surface area contributed by atoms with Gasteiger partial charge in [-0.3, -0.25) is 33.8 Å². The molecular formula is C36H70N12O8S2. The number of aliphatic imine (C=N–C) groups is 1. The van der Waals surface area contributed by atoms with Crippen LogP contribution < -0.4 is 60.6 Å². The van der Waals surface area contributed by atoms with Crippen LogP contribution in [0.4, 0.5) is 0 Å². The van der Waals surface area contributed by atoms with Crippen molar-refractivity contribution < 1.29 is 38.7 Å². The fraction of sp³-hybridized carbons (Fsp3) is 0.778. The molecule has 0 heterocycles. The highest BCUT2D eigenvalue weighted by Gasteiger charge is 2.35. The summed E-state index contributed by atoms with van der Waals surface area (Å²) >= 11 is 8.09. The molecule has 22 heteroatoms. The Labute approximate surface area is 353 Å². The average Bonchev–Trinajstić information content (AvgIpc) is 3.17. The fourth-order valence-corrected chi connectivity index (χ4v) is 6.07. The number of carbonyl (C=O) groups excluding carboxylic acids is 6.